The first kappa shape index (κ1) is 14.0. The van der Waals surface area contributed by atoms with Gasteiger partial charge in [-0.2, -0.15) is 0 Å². The normalized spacial score (nSPS) is 21.8. The molecule has 1 aromatic carbocycles. The summed E-state index contributed by atoms with van der Waals surface area (Å²) in [4.78, 5) is 35.7. The maximum atomic E-state index is 12.2. The summed E-state index contributed by atoms with van der Waals surface area (Å²) in [5.41, 5.74) is 0.365. The van der Waals surface area contributed by atoms with Gasteiger partial charge in [0.15, 0.2) is 0 Å². The predicted octanol–water partition coefficient (Wildman–Crippen LogP) is 2.06. The third-order valence-corrected chi connectivity index (χ3v) is 4.28. The van der Waals surface area contributed by atoms with E-state index in [0.29, 0.717) is 10.2 Å². The highest BCUT2D eigenvalue weighted by Gasteiger charge is 2.46. The number of nitro groups is 1. The van der Waals surface area contributed by atoms with Crippen LogP contribution in [0, 0.1) is 10.1 Å². The number of nitrogens with one attached hydrogen (secondary N) is 1. The molecule has 1 heterocycles. The summed E-state index contributed by atoms with van der Waals surface area (Å²) in [6.07, 6.45) is 1.82. The minimum Gasteiger partial charge on any atom is -0.372 e. The number of carbonyl (C=O) groups is 2. The van der Waals surface area contributed by atoms with Crippen LogP contribution in [-0.2, 0) is 9.59 Å². The molecule has 0 aromatic heterocycles. The number of amides is 2. The molecule has 0 bridgehead atoms. The molecule has 2 fully saturated rings. The molecule has 1 unspecified atom stereocenters. The fraction of sp³-hybridized carbons (Fsp3) is 0.385. The Hall–Kier alpha value is -1.96. The molecule has 2 aliphatic rings. The third kappa shape index (κ3) is 2.63. The van der Waals surface area contributed by atoms with Gasteiger partial charge in [-0.05, 0) is 34.8 Å². The highest BCUT2D eigenvalue weighted by molar-refractivity contribution is 9.10. The average Bonchev–Trinajstić information content (AvgIpc) is 3.20. The number of rotatable bonds is 4. The Morgan fingerprint density at radius 3 is 2.67 bits per heavy atom. The third-order valence-electron chi connectivity index (χ3n) is 3.59. The van der Waals surface area contributed by atoms with Gasteiger partial charge < -0.3 is 5.32 Å². The topological polar surface area (TPSA) is 92.5 Å². The Balaban J connectivity index is 1.80. The van der Waals surface area contributed by atoms with Crippen LogP contribution in [0.2, 0.25) is 0 Å². The molecule has 1 saturated heterocycles. The predicted molar refractivity (Wildman–Crippen MR) is 77.7 cm³/mol. The Bertz CT molecular complexity index is 644. The Labute approximate surface area is 128 Å². The van der Waals surface area contributed by atoms with Gasteiger partial charge in [0.25, 0.3) is 11.6 Å². The van der Waals surface area contributed by atoms with Crippen molar-refractivity contribution >= 4 is 39.1 Å². The number of anilines is 1. The Kier molecular flexibility index (Phi) is 3.40. The molecule has 2 amide bonds. The summed E-state index contributed by atoms with van der Waals surface area (Å²) >= 11 is 3.28. The van der Waals surface area contributed by atoms with Crippen molar-refractivity contribution in [1.82, 2.24) is 4.90 Å². The van der Waals surface area contributed by atoms with Crippen LogP contribution in [-0.4, -0.2) is 33.7 Å². The molecule has 0 radical (unpaired) electrons. The number of carbonyl (C=O) groups excluding carboxylic acids is 2. The zero-order chi connectivity index (χ0) is 15.1. The lowest BCUT2D eigenvalue weighted by molar-refractivity contribution is -0.384. The van der Waals surface area contributed by atoms with Gasteiger partial charge in [0.1, 0.15) is 6.04 Å². The summed E-state index contributed by atoms with van der Waals surface area (Å²) < 4.78 is 0.609. The zero-order valence-corrected chi connectivity index (χ0v) is 12.5. The number of benzene rings is 1. The molecule has 110 valence electrons. The number of halogens is 1. The first-order valence-electron chi connectivity index (χ1n) is 6.54. The summed E-state index contributed by atoms with van der Waals surface area (Å²) in [6, 6.07) is 3.65. The van der Waals surface area contributed by atoms with Crippen molar-refractivity contribution in [3.05, 3.63) is 32.8 Å². The van der Waals surface area contributed by atoms with Crippen LogP contribution in [0.4, 0.5) is 11.4 Å². The largest absolute Gasteiger partial charge is 0.372 e. The van der Waals surface area contributed by atoms with Gasteiger partial charge in [0.05, 0.1) is 17.0 Å². The van der Waals surface area contributed by atoms with Crippen molar-refractivity contribution in [1.29, 1.82) is 0 Å². The van der Waals surface area contributed by atoms with Crippen molar-refractivity contribution in [2.75, 3.05) is 5.32 Å². The first-order valence-corrected chi connectivity index (χ1v) is 7.33. The van der Waals surface area contributed by atoms with E-state index in [1.807, 2.05) is 0 Å². The number of imide groups is 1. The molecular formula is C13H12BrN3O4. The van der Waals surface area contributed by atoms with E-state index >= 15 is 0 Å². The molecule has 1 aliphatic carbocycles. The van der Waals surface area contributed by atoms with Gasteiger partial charge in [-0.3, -0.25) is 24.6 Å². The number of likely N-dealkylation sites (tertiary alicyclic amines) is 1. The number of hydrogen-bond acceptors (Lipinski definition) is 5. The van der Waals surface area contributed by atoms with E-state index < -0.39 is 11.0 Å². The van der Waals surface area contributed by atoms with E-state index in [1.54, 1.807) is 6.07 Å². The summed E-state index contributed by atoms with van der Waals surface area (Å²) in [7, 11) is 0. The molecule has 1 saturated carbocycles. The van der Waals surface area contributed by atoms with Gasteiger partial charge >= 0.3 is 0 Å². The van der Waals surface area contributed by atoms with Crippen molar-refractivity contribution in [2.45, 2.75) is 31.3 Å². The van der Waals surface area contributed by atoms with E-state index in [9.17, 15) is 19.7 Å². The van der Waals surface area contributed by atoms with Crippen LogP contribution in [0.15, 0.2) is 22.7 Å². The van der Waals surface area contributed by atoms with E-state index in [2.05, 4.69) is 21.2 Å². The second-order valence-electron chi connectivity index (χ2n) is 5.16. The molecule has 1 atom stereocenters. The van der Waals surface area contributed by atoms with Gasteiger partial charge in [0.2, 0.25) is 5.91 Å². The second kappa shape index (κ2) is 5.10. The number of nitrogens with zero attached hydrogens (tertiary/aromatic N) is 2. The lowest BCUT2D eigenvalue weighted by Gasteiger charge is -2.15. The molecule has 1 N–H and O–H groups in total. The van der Waals surface area contributed by atoms with Crippen LogP contribution in [0.5, 0.6) is 0 Å². The van der Waals surface area contributed by atoms with Gasteiger partial charge in [-0.1, -0.05) is 0 Å². The lowest BCUT2D eigenvalue weighted by Crippen LogP contribution is -2.36. The molecular weight excluding hydrogens is 342 g/mol. The monoisotopic (exact) mass is 353 g/mol. The molecule has 7 nitrogen and oxygen atoms in total. The van der Waals surface area contributed by atoms with Gasteiger partial charge in [-0.15, -0.1) is 0 Å². The van der Waals surface area contributed by atoms with E-state index in [0.717, 1.165) is 12.8 Å². The smallest absolute Gasteiger partial charge is 0.271 e. The summed E-state index contributed by atoms with van der Waals surface area (Å²) in [6.45, 7) is 0. The zero-order valence-electron chi connectivity index (χ0n) is 10.9. The Morgan fingerprint density at radius 1 is 1.33 bits per heavy atom. The van der Waals surface area contributed by atoms with Crippen LogP contribution in [0.1, 0.15) is 19.3 Å². The Morgan fingerprint density at radius 2 is 2.05 bits per heavy atom. The molecule has 1 aromatic rings. The second-order valence-corrected chi connectivity index (χ2v) is 6.01. The van der Waals surface area contributed by atoms with Crippen LogP contribution >= 0.6 is 15.9 Å². The van der Waals surface area contributed by atoms with Gasteiger partial charge in [0, 0.05) is 22.6 Å². The highest BCUT2D eigenvalue weighted by atomic mass is 79.9. The van der Waals surface area contributed by atoms with Crippen molar-refractivity contribution < 1.29 is 14.5 Å². The lowest BCUT2D eigenvalue weighted by atomic mass is 10.2. The molecule has 0 spiro atoms. The quantitative estimate of drug-likeness (QED) is 0.508. The van der Waals surface area contributed by atoms with Crippen molar-refractivity contribution in [3.63, 3.8) is 0 Å². The average molecular weight is 354 g/mol. The molecule has 8 heteroatoms. The SMILES string of the molecule is O=C1CC(Nc2cc([N+](=O)[O-])ccc2Br)C(=O)N1C1CC1. The first-order chi connectivity index (χ1) is 9.97. The number of non-ortho nitro benzene ring substituents is 1. The van der Waals surface area contributed by atoms with Crippen LogP contribution < -0.4 is 5.32 Å². The number of hydrogen-bond donors (Lipinski definition) is 1. The van der Waals surface area contributed by atoms with Crippen LogP contribution in [0.25, 0.3) is 0 Å². The number of nitro benzene ring substituents is 1. The molecule has 3 rings (SSSR count). The van der Waals surface area contributed by atoms with Crippen molar-refractivity contribution in [3.8, 4) is 0 Å². The van der Waals surface area contributed by atoms with Crippen molar-refractivity contribution in [2.24, 2.45) is 0 Å². The van der Waals surface area contributed by atoms with E-state index in [4.69, 9.17) is 0 Å². The summed E-state index contributed by atoms with van der Waals surface area (Å²) in [5, 5.41) is 13.7. The van der Waals surface area contributed by atoms with E-state index in [-0.39, 0.29) is 30.0 Å². The standard InChI is InChI=1S/C13H12BrN3O4/c14-9-4-3-8(17(20)21)5-10(9)15-11-6-12(18)16(13(11)19)7-1-2-7/h3-5,7,11,15H,1-2,6H2. The van der Waals surface area contributed by atoms with Crippen LogP contribution in [0.3, 0.4) is 0 Å². The highest BCUT2D eigenvalue weighted by Crippen LogP contribution is 2.34. The van der Waals surface area contributed by atoms with E-state index in [1.165, 1.54) is 17.0 Å². The maximum Gasteiger partial charge on any atom is 0.271 e. The molecule has 1 aliphatic heterocycles. The fourth-order valence-electron chi connectivity index (χ4n) is 2.41. The summed E-state index contributed by atoms with van der Waals surface area (Å²) in [5.74, 6) is -0.428. The maximum absolute atomic E-state index is 12.2. The van der Waals surface area contributed by atoms with Gasteiger partial charge in [-0.25, -0.2) is 0 Å². The fourth-order valence-corrected chi connectivity index (χ4v) is 2.77. The molecule has 21 heavy (non-hydrogen) atoms. The minimum atomic E-state index is -0.656. The minimum absolute atomic E-state index is 0.0466.